The molecule has 1 aliphatic rings. The molecule has 96 valence electrons. The van der Waals surface area contributed by atoms with E-state index in [1.54, 1.807) is 13.3 Å². The molecule has 3 unspecified atom stereocenters. The number of rotatable bonds is 4. The molecule has 4 nitrogen and oxygen atoms in total. The van der Waals surface area contributed by atoms with Gasteiger partial charge in [0.2, 0.25) is 0 Å². The van der Waals surface area contributed by atoms with Crippen molar-refractivity contribution in [3.05, 3.63) is 18.0 Å². The summed E-state index contributed by atoms with van der Waals surface area (Å²) in [5.41, 5.74) is 0.923. The monoisotopic (exact) mass is 238 g/mol. The Balaban J connectivity index is 2.04. The summed E-state index contributed by atoms with van der Waals surface area (Å²) in [5.74, 6) is 0. The van der Waals surface area contributed by atoms with Crippen molar-refractivity contribution in [2.24, 2.45) is 0 Å². The van der Waals surface area contributed by atoms with E-state index in [9.17, 15) is 5.11 Å². The molecule has 1 aromatic rings. The largest absolute Gasteiger partial charge is 0.388 e. The molecule has 0 aliphatic heterocycles. The Bertz CT molecular complexity index is 351. The maximum Gasteiger partial charge on any atom is 0.0817 e. The number of hydrogen-bond acceptors (Lipinski definition) is 3. The van der Waals surface area contributed by atoms with E-state index in [2.05, 4.69) is 5.10 Å². The number of ether oxygens (including phenoxy) is 1. The van der Waals surface area contributed by atoms with Gasteiger partial charge in [0.15, 0.2) is 0 Å². The highest BCUT2D eigenvalue weighted by molar-refractivity contribution is 5.08. The van der Waals surface area contributed by atoms with Crippen molar-refractivity contribution in [1.29, 1.82) is 0 Å². The standard InChI is InChI=1S/C13H22N2O2/c1-3-13(16)10-8-14-15(9-10)11-5-4-6-12(7-11)17-2/h8-9,11-13,16H,3-7H2,1-2H3. The third-order valence-corrected chi connectivity index (χ3v) is 3.70. The molecule has 1 heterocycles. The van der Waals surface area contributed by atoms with Gasteiger partial charge in [-0.1, -0.05) is 6.92 Å². The second-order valence-electron chi connectivity index (χ2n) is 4.86. The van der Waals surface area contributed by atoms with Crippen LogP contribution >= 0.6 is 0 Å². The Morgan fingerprint density at radius 1 is 1.59 bits per heavy atom. The summed E-state index contributed by atoms with van der Waals surface area (Å²) in [6.07, 6.45) is 9.00. The molecule has 0 aromatic carbocycles. The van der Waals surface area contributed by atoms with Crippen LogP contribution in [0.3, 0.4) is 0 Å². The molecule has 0 spiro atoms. The van der Waals surface area contributed by atoms with Crippen LogP contribution in [0.1, 0.15) is 56.7 Å². The minimum atomic E-state index is -0.384. The molecule has 2 rings (SSSR count). The van der Waals surface area contributed by atoms with Crippen molar-refractivity contribution in [3.63, 3.8) is 0 Å². The lowest BCUT2D eigenvalue weighted by molar-refractivity contribution is 0.0507. The van der Waals surface area contributed by atoms with Crippen molar-refractivity contribution in [3.8, 4) is 0 Å². The maximum atomic E-state index is 9.76. The Kier molecular flexibility index (Phi) is 4.18. The molecule has 0 bridgehead atoms. The van der Waals surface area contributed by atoms with Gasteiger partial charge >= 0.3 is 0 Å². The van der Waals surface area contributed by atoms with Crippen molar-refractivity contribution < 1.29 is 9.84 Å². The van der Waals surface area contributed by atoms with Crippen molar-refractivity contribution in [1.82, 2.24) is 9.78 Å². The Labute approximate surface area is 103 Å². The molecule has 0 saturated heterocycles. The van der Waals surface area contributed by atoms with Crippen molar-refractivity contribution in [2.75, 3.05) is 7.11 Å². The van der Waals surface area contributed by atoms with Crippen LogP contribution in [0, 0.1) is 0 Å². The third kappa shape index (κ3) is 2.87. The fourth-order valence-electron chi connectivity index (χ4n) is 2.53. The van der Waals surface area contributed by atoms with Crippen LogP contribution in [0.2, 0.25) is 0 Å². The number of aliphatic hydroxyl groups excluding tert-OH is 1. The molecule has 3 atom stereocenters. The lowest BCUT2D eigenvalue weighted by Crippen LogP contribution is -2.24. The normalized spacial score (nSPS) is 27.0. The average molecular weight is 238 g/mol. The van der Waals surface area contributed by atoms with E-state index in [0.29, 0.717) is 12.1 Å². The molecule has 1 saturated carbocycles. The lowest BCUT2D eigenvalue weighted by atomic mass is 9.93. The highest BCUT2D eigenvalue weighted by Gasteiger charge is 2.23. The van der Waals surface area contributed by atoms with Crippen LogP contribution in [0.5, 0.6) is 0 Å². The molecule has 17 heavy (non-hydrogen) atoms. The predicted octanol–water partition coefficient (Wildman–Crippen LogP) is 2.46. The molecular weight excluding hydrogens is 216 g/mol. The van der Waals surface area contributed by atoms with Crippen LogP contribution in [0.25, 0.3) is 0 Å². The minimum absolute atomic E-state index is 0.359. The number of hydrogen-bond donors (Lipinski definition) is 1. The van der Waals surface area contributed by atoms with Gasteiger partial charge < -0.3 is 9.84 Å². The van der Waals surface area contributed by atoms with E-state index < -0.39 is 0 Å². The van der Waals surface area contributed by atoms with Gasteiger partial charge in [-0.05, 0) is 32.1 Å². The topological polar surface area (TPSA) is 47.3 Å². The van der Waals surface area contributed by atoms with Gasteiger partial charge in [-0.25, -0.2) is 0 Å². The first-order chi connectivity index (χ1) is 8.24. The van der Waals surface area contributed by atoms with Gasteiger partial charge in [0.25, 0.3) is 0 Å². The Morgan fingerprint density at radius 2 is 2.41 bits per heavy atom. The first-order valence-corrected chi connectivity index (χ1v) is 6.49. The van der Waals surface area contributed by atoms with E-state index in [4.69, 9.17) is 4.74 Å². The first-order valence-electron chi connectivity index (χ1n) is 6.49. The molecule has 1 aliphatic carbocycles. The Hall–Kier alpha value is -0.870. The molecule has 1 fully saturated rings. The summed E-state index contributed by atoms with van der Waals surface area (Å²) in [6.45, 7) is 1.98. The van der Waals surface area contributed by atoms with E-state index in [-0.39, 0.29) is 6.10 Å². The van der Waals surface area contributed by atoms with Crippen LogP contribution < -0.4 is 0 Å². The summed E-state index contributed by atoms with van der Waals surface area (Å²) in [4.78, 5) is 0. The van der Waals surface area contributed by atoms with Gasteiger partial charge in [-0.3, -0.25) is 4.68 Å². The second-order valence-corrected chi connectivity index (χ2v) is 4.86. The molecule has 0 radical (unpaired) electrons. The van der Waals surface area contributed by atoms with Crippen LogP contribution in [-0.2, 0) is 4.74 Å². The van der Waals surface area contributed by atoms with Crippen LogP contribution in [-0.4, -0.2) is 28.1 Å². The van der Waals surface area contributed by atoms with Crippen molar-refractivity contribution >= 4 is 0 Å². The van der Waals surface area contributed by atoms with E-state index in [1.807, 2.05) is 17.8 Å². The smallest absolute Gasteiger partial charge is 0.0817 e. The fraction of sp³-hybridized carbons (Fsp3) is 0.769. The summed E-state index contributed by atoms with van der Waals surface area (Å²) < 4.78 is 7.43. The SMILES string of the molecule is CCC(O)c1cnn(C2CCCC(OC)C2)c1. The van der Waals surface area contributed by atoms with Crippen molar-refractivity contribution in [2.45, 2.75) is 57.3 Å². The predicted molar refractivity (Wildman–Crippen MR) is 65.8 cm³/mol. The highest BCUT2D eigenvalue weighted by atomic mass is 16.5. The summed E-state index contributed by atoms with van der Waals surface area (Å²) >= 11 is 0. The molecular formula is C13H22N2O2. The van der Waals surface area contributed by atoms with Gasteiger partial charge in [0, 0.05) is 18.9 Å². The number of aromatic nitrogens is 2. The summed E-state index contributed by atoms with van der Waals surface area (Å²) in [7, 11) is 1.78. The van der Waals surface area contributed by atoms with Crippen LogP contribution in [0.4, 0.5) is 0 Å². The Morgan fingerprint density at radius 3 is 3.12 bits per heavy atom. The molecule has 4 heteroatoms. The maximum absolute atomic E-state index is 9.76. The number of aliphatic hydroxyl groups is 1. The lowest BCUT2D eigenvalue weighted by Gasteiger charge is -2.28. The van der Waals surface area contributed by atoms with E-state index in [0.717, 1.165) is 31.2 Å². The zero-order valence-corrected chi connectivity index (χ0v) is 10.7. The van der Waals surface area contributed by atoms with Gasteiger partial charge in [-0.15, -0.1) is 0 Å². The zero-order valence-electron chi connectivity index (χ0n) is 10.7. The third-order valence-electron chi connectivity index (χ3n) is 3.70. The molecule has 1 N–H and O–H groups in total. The molecule has 1 aromatic heterocycles. The highest BCUT2D eigenvalue weighted by Crippen LogP contribution is 2.30. The first kappa shape index (κ1) is 12.6. The zero-order chi connectivity index (χ0) is 12.3. The van der Waals surface area contributed by atoms with Gasteiger partial charge in [0.1, 0.15) is 0 Å². The van der Waals surface area contributed by atoms with Gasteiger partial charge in [-0.2, -0.15) is 5.10 Å². The molecule has 0 amide bonds. The van der Waals surface area contributed by atoms with Crippen LogP contribution in [0.15, 0.2) is 12.4 Å². The second kappa shape index (κ2) is 5.65. The van der Waals surface area contributed by atoms with E-state index in [1.165, 1.54) is 6.42 Å². The van der Waals surface area contributed by atoms with Gasteiger partial charge in [0.05, 0.1) is 24.4 Å². The summed E-state index contributed by atoms with van der Waals surface area (Å²) in [5, 5.41) is 14.1. The summed E-state index contributed by atoms with van der Waals surface area (Å²) in [6, 6.07) is 0.423. The fourth-order valence-corrected chi connectivity index (χ4v) is 2.53. The minimum Gasteiger partial charge on any atom is -0.388 e. The van der Waals surface area contributed by atoms with E-state index >= 15 is 0 Å². The number of methoxy groups -OCH3 is 1. The average Bonchev–Trinajstić information content (AvgIpc) is 2.87. The quantitative estimate of drug-likeness (QED) is 0.876. The number of nitrogens with zero attached hydrogens (tertiary/aromatic N) is 2.